The number of urea groups is 1. The van der Waals surface area contributed by atoms with Gasteiger partial charge in [-0.1, -0.05) is 24.6 Å². The van der Waals surface area contributed by atoms with Gasteiger partial charge in [0.25, 0.3) is 0 Å². The first-order chi connectivity index (χ1) is 13.3. The molecular formula is C21H21ClFN3O2. The van der Waals surface area contributed by atoms with Gasteiger partial charge in [-0.15, -0.1) is 0 Å². The summed E-state index contributed by atoms with van der Waals surface area (Å²) in [5.41, 5.74) is 0.914. The lowest BCUT2D eigenvalue weighted by Gasteiger charge is -2.72. The third-order valence-electron chi connectivity index (χ3n) is 5.96. The Hall–Kier alpha value is -2.60. The molecule has 5 nitrogen and oxygen atoms in total. The maximum absolute atomic E-state index is 13.0. The Morgan fingerprint density at radius 2 is 1.71 bits per heavy atom. The molecule has 0 saturated heterocycles. The quantitative estimate of drug-likeness (QED) is 0.673. The summed E-state index contributed by atoms with van der Waals surface area (Å²) in [6, 6.07) is 12.4. The van der Waals surface area contributed by atoms with Crippen LogP contribution in [0.5, 0.6) is 0 Å². The zero-order chi connectivity index (χ0) is 19.9. The Balaban J connectivity index is 1.29. The van der Waals surface area contributed by atoms with E-state index in [9.17, 15) is 14.0 Å². The molecule has 1 atom stereocenters. The molecule has 3 fully saturated rings. The Morgan fingerprint density at radius 1 is 1.04 bits per heavy atom. The van der Waals surface area contributed by atoms with Gasteiger partial charge in [0.1, 0.15) is 5.82 Å². The van der Waals surface area contributed by atoms with Crippen LogP contribution in [0.15, 0.2) is 48.5 Å². The van der Waals surface area contributed by atoms with Crippen molar-refractivity contribution in [1.29, 1.82) is 0 Å². The van der Waals surface area contributed by atoms with E-state index < -0.39 is 0 Å². The lowest BCUT2D eigenvalue weighted by Crippen LogP contribution is -2.77. The van der Waals surface area contributed by atoms with E-state index in [2.05, 4.69) is 16.0 Å². The molecule has 5 rings (SSSR count). The molecule has 3 aliphatic rings. The molecule has 7 heteroatoms. The molecule has 0 radical (unpaired) electrons. The smallest absolute Gasteiger partial charge is 0.319 e. The largest absolute Gasteiger partial charge is 0.332 e. The second kappa shape index (κ2) is 6.78. The van der Waals surface area contributed by atoms with E-state index in [1.165, 1.54) is 12.1 Å². The number of hydrogen-bond donors (Lipinski definition) is 3. The number of halogens is 2. The maximum atomic E-state index is 13.0. The Morgan fingerprint density at radius 3 is 2.36 bits per heavy atom. The standard InChI is InChI=1S/C21H21ClFN3O2/c1-13(18(27)24-16-7-5-15(23)6-8-16)20-10-21(11-20,12-20)26-19(28)25-17-4-2-3-14(22)9-17/h2-9,13H,10-12H2,1H3,(H,24,27)(H2,25,26,28)/t13-,20?,21?/m1/s1. The van der Waals surface area contributed by atoms with E-state index in [0.29, 0.717) is 16.4 Å². The zero-order valence-electron chi connectivity index (χ0n) is 15.4. The van der Waals surface area contributed by atoms with Crippen molar-refractivity contribution in [2.24, 2.45) is 11.3 Å². The maximum Gasteiger partial charge on any atom is 0.319 e. The van der Waals surface area contributed by atoms with Crippen LogP contribution < -0.4 is 16.0 Å². The molecule has 0 unspecified atom stereocenters. The van der Waals surface area contributed by atoms with Gasteiger partial charge in [0.15, 0.2) is 0 Å². The fraction of sp³-hybridized carbons (Fsp3) is 0.333. The highest BCUT2D eigenvalue weighted by Gasteiger charge is 2.71. The SMILES string of the molecule is C[C@H](C(=O)Nc1ccc(F)cc1)C12CC(NC(=O)Nc3cccc(Cl)c3)(C1)C2. The monoisotopic (exact) mass is 401 g/mol. The van der Waals surface area contributed by atoms with Crippen molar-refractivity contribution >= 4 is 34.9 Å². The fourth-order valence-electron chi connectivity index (χ4n) is 4.49. The van der Waals surface area contributed by atoms with Crippen LogP contribution in [0.2, 0.25) is 5.02 Å². The number of amides is 3. The van der Waals surface area contributed by atoms with Gasteiger partial charge in [-0.05, 0) is 67.1 Å². The Labute approximate surface area is 167 Å². The first-order valence-electron chi connectivity index (χ1n) is 9.20. The van der Waals surface area contributed by atoms with E-state index in [1.807, 2.05) is 6.92 Å². The molecule has 3 saturated carbocycles. The van der Waals surface area contributed by atoms with Gasteiger partial charge in [0.05, 0.1) is 0 Å². The number of hydrogen-bond acceptors (Lipinski definition) is 2. The Bertz CT molecular complexity index is 912. The zero-order valence-corrected chi connectivity index (χ0v) is 16.1. The molecular weight excluding hydrogens is 381 g/mol. The second-order valence-electron chi connectivity index (χ2n) is 7.98. The van der Waals surface area contributed by atoms with Crippen LogP contribution in [0.25, 0.3) is 0 Å². The molecule has 146 valence electrons. The third kappa shape index (κ3) is 3.44. The van der Waals surface area contributed by atoms with E-state index in [4.69, 9.17) is 11.6 Å². The summed E-state index contributed by atoms with van der Waals surface area (Å²) >= 11 is 5.93. The van der Waals surface area contributed by atoms with Crippen LogP contribution >= 0.6 is 11.6 Å². The molecule has 2 aromatic rings. The van der Waals surface area contributed by atoms with E-state index in [0.717, 1.165) is 19.3 Å². The summed E-state index contributed by atoms with van der Waals surface area (Å²) in [4.78, 5) is 24.8. The number of carbonyl (C=O) groups is 2. The normalized spacial score (nSPS) is 25.7. The molecule has 2 aromatic carbocycles. The topological polar surface area (TPSA) is 70.2 Å². The minimum absolute atomic E-state index is 0.0759. The van der Waals surface area contributed by atoms with Crippen molar-refractivity contribution in [2.45, 2.75) is 31.7 Å². The van der Waals surface area contributed by atoms with Crippen LogP contribution in [0.3, 0.4) is 0 Å². The van der Waals surface area contributed by atoms with Crippen molar-refractivity contribution in [3.05, 3.63) is 59.4 Å². The van der Waals surface area contributed by atoms with Gasteiger partial charge in [-0.2, -0.15) is 0 Å². The average molecular weight is 402 g/mol. The average Bonchev–Trinajstić information content (AvgIpc) is 2.58. The number of benzene rings is 2. The highest BCUT2D eigenvalue weighted by atomic mass is 35.5. The molecule has 0 aromatic heterocycles. The molecule has 3 aliphatic carbocycles. The first kappa shape index (κ1) is 18.7. The Kier molecular flexibility index (Phi) is 4.54. The summed E-state index contributed by atoms with van der Waals surface area (Å²) in [7, 11) is 0. The van der Waals surface area contributed by atoms with Gasteiger partial charge in [0, 0.05) is 27.9 Å². The van der Waals surface area contributed by atoms with E-state index in [-0.39, 0.29) is 34.6 Å². The highest BCUT2D eigenvalue weighted by Crippen LogP contribution is 2.70. The van der Waals surface area contributed by atoms with Crippen LogP contribution in [0, 0.1) is 17.2 Å². The van der Waals surface area contributed by atoms with Gasteiger partial charge in [0.2, 0.25) is 5.91 Å². The predicted octanol–water partition coefficient (Wildman–Crippen LogP) is 4.80. The summed E-state index contributed by atoms with van der Waals surface area (Å²) in [5.74, 6) is -0.602. The minimum Gasteiger partial charge on any atom is -0.332 e. The third-order valence-corrected chi connectivity index (χ3v) is 6.19. The van der Waals surface area contributed by atoms with Crippen molar-refractivity contribution in [3.63, 3.8) is 0 Å². The summed E-state index contributed by atoms with van der Waals surface area (Å²) in [6.07, 6.45) is 2.34. The number of carbonyl (C=O) groups excluding carboxylic acids is 2. The minimum atomic E-state index is -0.338. The number of anilines is 2. The molecule has 0 aliphatic heterocycles. The lowest BCUT2D eigenvalue weighted by molar-refractivity contribution is -0.183. The molecule has 3 N–H and O–H groups in total. The van der Waals surface area contributed by atoms with Gasteiger partial charge >= 0.3 is 6.03 Å². The van der Waals surface area contributed by atoms with Crippen molar-refractivity contribution in [1.82, 2.24) is 5.32 Å². The van der Waals surface area contributed by atoms with Gasteiger partial charge in [-0.3, -0.25) is 4.79 Å². The second-order valence-corrected chi connectivity index (χ2v) is 8.42. The molecule has 3 amide bonds. The first-order valence-corrected chi connectivity index (χ1v) is 9.58. The summed E-state index contributed by atoms with van der Waals surface area (Å²) in [5, 5.41) is 9.22. The van der Waals surface area contributed by atoms with E-state index >= 15 is 0 Å². The number of nitrogens with one attached hydrogen (secondary N) is 3. The van der Waals surface area contributed by atoms with Crippen LogP contribution in [0.1, 0.15) is 26.2 Å². The predicted molar refractivity (Wildman–Crippen MR) is 107 cm³/mol. The van der Waals surface area contributed by atoms with Crippen molar-refractivity contribution < 1.29 is 14.0 Å². The molecule has 0 spiro atoms. The van der Waals surface area contributed by atoms with Gasteiger partial charge in [-0.25, -0.2) is 9.18 Å². The van der Waals surface area contributed by atoms with Crippen molar-refractivity contribution in [3.8, 4) is 0 Å². The van der Waals surface area contributed by atoms with Crippen LogP contribution in [0.4, 0.5) is 20.6 Å². The summed E-state index contributed by atoms with van der Waals surface area (Å²) in [6.45, 7) is 1.91. The molecule has 0 heterocycles. The fourth-order valence-corrected chi connectivity index (χ4v) is 4.68. The number of rotatable bonds is 5. The van der Waals surface area contributed by atoms with Crippen LogP contribution in [-0.4, -0.2) is 17.5 Å². The van der Waals surface area contributed by atoms with Gasteiger partial charge < -0.3 is 16.0 Å². The molecule has 28 heavy (non-hydrogen) atoms. The van der Waals surface area contributed by atoms with Crippen molar-refractivity contribution in [2.75, 3.05) is 10.6 Å². The van der Waals surface area contributed by atoms with E-state index in [1.54, 1.807) is 36.4 Å². The van der Waals surface area contributed by atoms with Crippen LogP contribution in [-0.2, 0) is 4.79 Å². The summed E-state index contributed by atoms with van der Waals surface area (Å²) < 4.78 is 13.0. The highest BCUT2D eigenvalue weighted by molar-refractivity contribution is 6.30. The lowest BCUT2D eigenvalue weighted by atomic mass is 9.36. The molecule has 2 bridgehead atoms.